The summed E-state index contributed by atoms with van der Waals surface area (Å²) >= 11 is 0. The highest BCUT2D eigenvalue weighted by atomic mass is 32.2. The van der Waals surface area contributed by atoms with Gasteiger partial charge in [-0.2, -0.15) is 0 Å². The number of nitrogens with two attached hydrogens (primary N) is 1. The van der Waals surface area contributed by atoms with Gasteiger partial charge in [-0.05, 0) is 18.8 Å². The van der Waals surface area contributed by atoms with Crippen LogP contribution >= 0.6 is 0 Å². The van der Waals surface area contributed by atoms with Crippen LogP contribution in [0.4, 0.5) is 0 Å². The summed E-state index contributed by atoms with van der Waals surface area (Å²) in [6.45, 7) is 3.74. The molecule has 15 heavy (non-hydrogen) atoms. The fourth-order valence-corrected chi connectivity index (χ4v) is 2.52. The van der Waals surface area contributed by atoms with Crippen LogP contribution in [0.5, 0.6) is 0 Å². The summed E-state index contributed by atoms with van der Waals surface area (Å²) in [5, 5.41) is -0.384. The van der Waals surface area contributed by atoms with Crippen molar-refractivity contribution in [2.75, 3.05) is 0 Å². The highest BCUT2D eigenvalue weighted by molar-refractivity contribution is 7.90. The smallest absolute Gasteiger partial charge is 0.250 e. The predicted octanol–water partition coefficient (Wildman–Crippen LogP) is -0.0318. The van der Waals surface area contributed by atoms with Gasteiger partial charge in [-0.1, -0.05) is 20.3 Å². The molecule has 0 saturated heterocycles. The molecule has 0 bridgehead atoms. The van der Waals surface area contributed by atoms with E-state index >= 15 is 0 Å². The van der Waals surface area contributed by atoms with Gasteiger partial charge in [-0.3, -0.25) is 9.52 Å². The lowest BCUT2D eigenvalue weighted by Gasteiger charge is -2.17. The molecule has 1 aliphatic rings. The third-order valence-corrected chi connectivity index (χ3v) is 4.60. The molecule has 1 rings (SSSR count). The van der Waals surface area contributed by atoms with Gasteiger partial charge in [0.15, 0.2) is 0 Å². The largest absolute Gasteiger partial charge is 0.320 e. The number of rotatable bonds is 5. The Morgan fingerprint density at radius 2 is 2.07 bits per heavy atom. The molecule has 1 amide bonds. The Balaban J connectivity index is 2.55. The van der Waals surface area contributed by atoms with Crippen molar-refractivity contribution in [1.82, 2.24) is 4.72 Å². The number of sulfonamides is 1. The van der Waals surface area contributed by atoms with Crippen LogP contribution in [0.2, 0.25) is 0 Å². The Morgan fingerprint density at radius 1 is 1.53 bits per heavy atom. The lowest BCUT2D eigenvalue weighted by atomic mass is 10.00. The summed E-state index contributed by atoms with van der Waals surface area (Å²) in [5.74, 6) is -0.601. The monoisotopic (exact) mass is 234 g/mol. The Morgan fingerprint density at radius 3 is 2.47 bits per heavy atom. The first-order chi connectivity index (χ1) is 6.88. The number of amides is 1. The van der Waals surface area contributed by atoms with Gasteiger partial charge in [0, 0.05) is 0 Å². The molecule has 0 aromatic heterocycles. The van der Waals surface area contributed by atoms with Crippen molar-refractivity contribution >= 4 is 15.9 Å². The van der Waals surface area contributed by atoms with Crippen molar-refractivity contribution in [3.05, 3.63) is 0 Å². The quantitative estimate of drug-likeness (QED) is 0.699. The fourth-order valence-electron chi connectivity index (χ4n) is 1.18. The van der Waals surface area contributed by atoms with Crippen LogP contribution in [-0.2, 0) is 14.8 Å². The molecular weight excluding hydrogens is 216 g/mol. The molecule has 5 nitrogen and oxygen atoms in total. The van der Waals surface area contributed by atoms with Crippen LogP contribution in [0.3, 0.4) is 0 Å². The van der Waals surface area contributed by atoms with Crippen molar-refractivity contribution in [1.29, 1.82) is 0 Å². The van der Waals surface area contributed by atoms with E-state index in [4.69, 9.17) is 5.73 Å². The molecule has 1 saturated carbocycles. The van der Waals surface area contributed by atoms with Gasteiger partial charge in [-0.25, -0.2) is 8.42 Å². The van der Waals surface area contributed by atoms with E-state index in [0.717, 1.165) is 6.42 Å². The maximum Gasteiger partial charge on any atom is 0.250 e. The normalized spacial score (nSPS) is 20.7. The van der Waals surface area contributed by atoms with Gasteiger partial charge in [0.25, 0.3) is 5.91 Å². The zero-order valence-corrected chi connectivity index (χ0v) is 9.88. The first-order valence-electron chi connectivity index (χ1n) is 5.19. The van der Waals surface area contributed by atoms with Gasteiger partial charge in [0.1, 0.15) is 0 Å². The summed E-state index contributed by atoms with van der Waals surface area (Å²) in [5.41, 5.74) is 5.62. The van der Waals surface area contributed by atoms with Crippen molar-refractivity contribution in [2.45, 2.75) is 44.4 Å². The van der Waals surface area contributed by atoms with Gasteiger partial charge >= 0.3 is 0 Å². The molecule has 2 unspecified atom stereocenters. The molecule has 0 aromatic rings. The molecular formula is C9H18N2O3S. The van der Waals surface area contributed by atoms with Crippen LogP contribution in [0.15, 0.2) is 0 Å². The van der Waals surface area contributed by atoms with Crippen LogP contribution in [-0.4, -0.2) is 25.6 Å². The molecule has 0 radical (unpaired) electrons. The lowest BCUT2D eigenvalue weighted by molar-refractivity contribution is -0.121. The maximum absolute atomic E-state index is 11.5. The topological polar surface area (TPSA) is 89.3 Å². The van der Waals surface area contributed by atoms with E-state index in [1.54, 1.807) is 0 Å². The molecule has 88 valence electrons. The van der Waals surface area contributed by atoms with E-state index in [2.05, 4.69) is 0 Å². The second kappa shape index (κ2) is 4.49. The predicted molar refractivity (Wildman–Crippen MR) is 57.5 cm³/mol. The molecule has 2 atom stereocenters. The Hall–Kier alpha value is -0.620. The molecule has 0 aromatic carbocycles. The average Bonchev–Trinajstić information content (AvgIpc) is 2.97. The van der Waals surface area contributed by atoms with Crippen molar-refractivity contribution < 1.29 is 13.2 Å². The van der Waals surface area contributed by atoms with Crippen LogP contribution in [0.1, 0.15) is 33.1 Å². The molecule has 0 heterocycles. The number of carbonyl (C=O) groups excluding carboxylic acids is 1. The van der Waals surface area contributed by atoms with Crippen LogP contribution in [0.25, 0.3) is 0 Å². The van der Waals surface area contributed by atoms with E-state index in [0.29, 0.717) is 12.8 Å². The first kappa shape index (κ1) is 12.4. The molecule has 0 aliphatic heterocycles. The van der Waals surface area contributed by atoms with Gasteiger partial charge in [0.05, 0.1) is 11.3 Å². The third-order valence-electron chi connectivity index (χ3n) is 2.77. The second-order valence-corrected chi connectivity index (χ2v) is 6.08. The Labute approximate surface area is 90.5 Å². The van der Waals surface area contributed by atoms with E-state index in [1.807, 2.05) is 18.6 Å². The van der Waals surface area contributed by atoms with Crippen LogP contribution in [0, 0.1) is 5.92 Å². The minimum absolute atomic E-state index is 0.0144. The zero-order chi connectivity index (χ0) is 11.6. The first-order valence-corrected chi connectivity index (χ1v) is 6.74. The second-order valence-electron chi connectivity index (χ2n) is 4.12. The fraction of sp³-hybridized carbons (Fsp3) is 0.889. The Kier molecular flexibility index (Phi) is 3.72. The number of nitrogens with one attached hydrogen (secondary N) is 1. The zero-order valence-electron chi connectivity index (χ0n) is 9.06. The number of hydrogen-bond acceptors (Lipinski definition) is 4. The SMILES string of the molecule is CCC(C)C(N)C(=O)NS(=O)(=O)C1CC1. The minimum atomic E-state index is -3.45. The lowest BCUT2D eigenvalue weighted by Crippen LogP contribution is -2.47. The van der Waals surface area contributed by atoms with Crippen molar-refractivity contribution in [3.63, 3.8) is 0 Å². The van der Waals surface area contributed by atoms with Crippen molar-refractivity contribution in [3.8, 4) is 0 Å². The molecule has 1 aliphatic carbocycles. The highest BCUT2D eigenvalue weighted by Crippen LogP contribution is 2.27. The van der Waals surface area contributed by atoms with Gasteiger partial charge < -0.3 is 5.73 Å². The summed E-state index contributed by atoms with van der Waals surface area (Å²) in [4.78, 5) is 11.5. The number of hydrogen-bond donors (Lipinski definition) is 2. The molecule has 6 heteroatoms. The van der Waals surface area contributed by atoms with E-state index < -0.39 is 22.0 Å². The number of carbonyl (C=O) groups is 1. The van der Waals surface area contributed by atoms with Crippen LogP contribution < -0.4 is 10.5 Å². The Bertz CT molecular complexity index is 335. The highest BCUT2D eigenvalue weighted by Gasteiger charge is 2.37. The third kappa shape index (κ3) is 3.17. The molecule has 3 N–H and O–H groups in total. The van der Waals surface area contributed by atoms with Gasteiger partial charge in [0.2, 0.25) is 10.0 Å². The van der Waals surface area contributed by atoms with Crippen molar-refractivity contribution in [2.24, 2.45) is 11.7 Å². The minimum Gasteiger partial charge on any atom is -0.320 e. The van der Waals surface area contributed by atoms with E-state index in [1.165, 1.54) is 0 Å². The maximum atomic E-state index is 11.5. The van der Waals surface area contributed by atoms with E-state index in [-0.39, 0.29) is 11.2 Å². The average molecular weight is 234 g/mol. The summed E-state index contributed by atoms with van der Waals surface area (Å²) in [6.07, 6.45) is 2.03. The van der Waals surface area contributed by atoms with Gasteiger partial charge in [-0.15, -0.1) is 0 Å². The summed E-state index contributed by atoms with van der Waals surface area (Å²) in [7, 11) is -3.45. The molecule has 0 spiro atoms. The summed E-state index contributed by atoms with van der Waals surface area (Å²) < 4.78 is 24.9. The standard InChI is InChI=1S/C9H18N2O3S/c1-3-6(2)8(10)9(12)11-15(13,14)7-4-5-7/h6-8H,3-5,10H2,1-2H3,(H,11,12). The molecule has 1 fully saturated rings. The summed E-state index contributed by atoms with van der Waals surface area (Å²) in [6, 6.07) is -0.747. The van der Waals surface area contributed by atoms with E-state index in [9.17, 15) is 13.2 Å².